The molecule has 0 spiro atoms. The fraction of sp³-hybridized carbons (Fsp3) is 0.846. The predicted molar refractivity (Wildman–Crippen MR) is 71.1 cm³/mol. The van der Waals surface area contributed by atoms with Crippen molar-refractivity contribution in [1.82, 2.24) is 10.2 Å². The molecule has 19 heavy (non-hydrogen) atoms. The average Bonchev–Trinajstić information content (AvgIpc) is 2.39. The van der Waals surface area contributed by atoms with Gasteiger partial charge in [0.05, 0.1) is 5.41 Å². The smallest absolute Gasteiger partial charge is 0.317 e. The van der Waals surface area contributed by atoms with E-state index in [-0.39, 0.29) is 6.03 Å². The molecule has 1 rings (SSSR count). The largest absolute Gasteiger partial charge is 0.481 e. The van der Waals surface area contributed by atoms with Crippen LogP contribution in [0.25, 0.3) is 0 Å². The van der Waals surface area contributed by atoms with Gasteiger partial charge in [0.2, 0.25) is 0 Å². The monoisotopic (exact) mass is 272 g/mol. The highest BCUT2D eigenvalue weighted by Crippen LogP contribution is 2.30. The number of carboxylic acid groups (broad SMARTS) is 1. The van der Waals surface area contributed by atoms with Gasteiger partial charge < -0.3 is 20.1 Å². The maximum absolute atomic E-state index is 11.8. The Morgan fingerprint density at radius 1 is 1.37 bits per heavy atom. The maximum atomic E-state index is 11.8. The molecule has 0 atom stereocenters. The zero-order valence-corrected chi connectivity index (χ0v) is 11.8. The van der Waals surface area contributed by atoms with Crippen LogP contribution in [0.2, 0.25) is 0 Å². The standard InChI is InChI=1S/C13H24N2O4/c1-3-19-10-4-7-14-12(18)15-8-5-13(2,6-9-15)11(16)17/h3-10H2,1-2H3,(H,14,18)(H,16,17). The number of nitrogens with zero attached hydrogens (tertiary/aromatic N) is 1. The number of rotatable bonds is 6. The highest BCUT2D eigenvalue weighted by molar-refractivity contribution is 5.76. The minimum Gasteiger partial charge on any atom is -0.481 e. The van der Waals surface area contributed by atoms with Crippen LogP contribution in [0.3, 0.4) is 0 Å². The van der Waals surface area contributed by atoms with E-state index in [0.717, 1.165) is 6.42 Å². The van der Waals surface area contributed by atoms with Crippen LogP contribution in [0.1, 0.15) is 33.1 Å². The molecule has 2 N–H and O–H groups in total. The first-order valence-corrected chi connectivity index (χ1v) is 6.83. The van der Waals surface area contributed by atoms with Gasteiger partial charge in [-0.15, -0.1) is 0 Å². The van der Waals surface area contributed by atoms with Crippen LogP contribution < -0.4 is 5.32 Å². The Morgan fingerprint density at radius 3 is 2.53 bits per heavy atom. The van der Waals surface area contributed by atoms with Crippen molar-refractivity contribution in [3.63, 3.8) is 0 Å². The topological polar surface area (TPSA) is 78.9 Å². The molecule has 1 saturated heterocycles. The van der Waals surface area contributed by atoms with E-state index in [1.807, 2.05) is 6.92 Å². The third kappa shape index (κ3) is 4.70. The first-order chi connectivity index (χ1) is 8.99. The number of carboxylic acids is 1. The van der Waals surface area contributed by atoms with Crippen molar-refractivity contribution >= 4 is 12.0 Å². The number of hydrogen-bond donors (Lipinski definition) is 2. The molecule has 1 heterocycles. The van der Waals surface area contributed by atoms with Crippen molar-refractivity contribution in [3.8, 4) is 0 Å². The molecule has 6 heteroatoms. The number of hydrogen-bond acceptors (Lipinski definition) is 3. The van der Waals surface area contributed by atoms with Gasteiger partial charge >= 0.3 is 12.0 Å². The van der Waals surface area contributed by atoms with Crippen LogP contribution in [-0.4, -0.2) is 54.9 Å². The van der Waals surface area contributed by atoms with Crippen molar-refractivity contribution in [2.45, 2.75) is 33.1 Å². The lowest BCUT2D eigenvalue weighted by Crippen LogP contribution is -2.48. The zero-order chi connectivity index (χ0) is 14.3. The second kappa shape index (κ2) is 7.33. The Labute approximate surface area is 114 Å². The fourth-order valence-electron chi connectivity index (χ4n) is 2.04. The van der Waals surface area contributed by atoms with Crippen molar-refractivity contribution in [1.29, 1.82) is 0 Å². The highest BCUT2D eigenvalue weighted by atomic mass is 16.5. The normalized spacial score (nSPS) is 18.1. The van der Waals surface area contributed by atoms with Crippen LogP contribution in [0, 0.1) is 5.41 Å². The van der Waals surface area contributed by atoms with E-state index in [4.69, 9.17) is 9.84 Å². The van der Waals surface area contributed by atoms with Crippen molar-refractivity contribution < 1.29 is 19.4 Å². The number of urea groups is 1. The number of amides is 2. The van der Waals surface area contributed by atoms with Gasteiger partial charge in [-0.3, -0.25) is 4.79 Å². The molecule has 110 valence electrons. The number of aliphatic carboxylic acids is 1. The summed E-state index contributed by atoms with van der Waals surface area (Å²) >= 11 is 0. The molecular weight excluding hydrogens is 248 g/mol. The Bertz CT molecular complexity index is 312. The molecule has 0 unspecified atom stereocenters. The summed E-state index contributed by atoms with van der Waals surface area (Å²) in [5.41, 5.74) is -0.689. The van der Waals surface area contributed by atoms with Crippen molar-refractivity contribution in [3.05, 3.63) is 0 Å². The highest BCUT2D eigenvalue weighted by Gasteiger charge is 2.37. The summed E-state index contributed by atoms with van der Waals surface area (Å²) in [6, 6.07) is -0.107. The van der Waals surface area contributed by atoms with E-state index in [2.05, 4.69) is 5.32 Å². The van der Waals surface area contributed by atoms with Crippen LogP contribution >= 0.6 is 0 Å². The van der Waals surface area contributed by atoms with Crippen LogP contribution in [-0.2, 0) is 9.53 Å². The van der Waals surface area contributed by atoms with Gasteiger partial charge in [-0.05, 0) is 33.1 Å². The molecule has 0 saturated carbocycles. The Balaban J connectivity index is 2.23. The van der Waals surface area contributed by atoms with Gasteiger partial charge in [-0.1, -0.05) is 0 Å². The quantitative estimate of drug-likeness (QED) is 0.715. The zero-order valence-electron chi connectivity index (χ0n) is 11.8. The summed E-state index contributed by atoms with van der Waals surface area (Å²) in [6.45, 7) is 6.60. The number of piperidine rings is 1. The van der Waals surface area contributed by atoms with E-state index < -0.39 is 11.4 Å². The van der Waals surface area contributed by atoms with E-state index in [0.29, 0.717) is 45.7 Å². The van der Waals surface area contributed by atoms with Gasteiger partial charge in [-0.25, -0.2) is 4.79 Å². The third-order valence-corrected chi connectivity index (χ3v) is 3.62. The predicted octanol–water partition coefficient (Wildman–Crippen LogP) is 1.31. The van der Waals surface area contributed by atoms with E-state index in [1.165, 1.54) is 0 Å². The fourth-order valence-corrected chi connectivity index (χ4v) is 2.04. The molecule has 0 aromatic rings. The summed E-state index contributed by atoms with van der Waals surface area (Å²) < 4.78 is 5.18. The van der Waals surface area contributed by atoms with Crippen LogP contribution in [0.5, 0.6) is 0 Å². The molecule has 1 fully saturated rings. The molecule has 1 aliphatic heterocycles. The SMILES string of the molecule is CCOCCCNC(=O)N1CCC(C)(C(=O)O)CC1. The molecule has 0 radical (unpaired) electrons. The number of carbonyl (C=O) groups is 2. The first kappa shape index (κ1) is 15.8. The Morgan fingerprint density at radius 2 is 2.00 bits per heavy atom. The molecule has 6 nitrogen and oxygen atoms in total. The van der Waals surface area contributed by atoms with Gasteiger partial charge in [0.25, 0.3) is 0 Å². The van der Waals surface area contributed by atoms with E-state index in [9.17, 15) is 9.59 Å². The van der Waals surface area contributed by atoms with Gasteiger partial charge in [-0.2, -0.15) is 0 Å². The Kier molecular flexibility index (Phi) is 6.08. The first-order valence-electron chi connectivity index (χ1n) is 6.83. The second-order valence-corrected chi connectivity index (χ2v) is 5.14. The number of likely N-dealkylation sites (tertiary alicyclic amines) is 1. The number of ether oxygens (including phenoxy) is 1. The van der Waals surface area contributed by atoms with E-state index >= 15 is 0 Å². The molecule has 1 aliphatic rings. The number of nitrogens with one attached hydrogen (secondary N) is 1. The van der Waals surface area contributed by atoms with Crippen molar-refractivity contribution in [2.24, 2.45) is 5.41 Å². The third-order valence-electron chi connectivity index (χ3n) is 3.62. The second-order valence-electron chi connectivity index (χ2n) is 5.14. The van der Waals surface area contributed by atoms with Gasteiger partial charge in [0.15, 0.2) is 0 Å². The molecule has 0 aromatic heterocycles. The van der Waals surface area contributed by atoms with E-state index in [1.54, 1.807) is 11.8 Å². The summed E-state index contributed by atoms with van der Waals surface area (Å²) in [5, 5.41) is 11.9. The minimum atomic E-state index is -0.774. The maximum Gasteiger partial charge on any atom is 0.317 e. The summed E-state index contributed by atoms with van der Waals surface area (Å²) in [5.74, 6) is -0.774. The molecule has 0 aliphatic carbocycles. The molecule has 0 bridgehead atoms. The summed E-state index contributed by atoms with van der Waals surface area (Å²) in [4.78, 5) is 24.6. The lowest BCUT2D eigenvalue weighted by Gasteiger charge is -2.36. The molecular formula is C13H24N2O4. The average molecular weight is 272 g/mol. The minimum absolute atomic E-state index is 0.107. The molecule has 0 aromatic carbocycles. The molecule has 2 amide bonds. The lowest BCUT2D eigenvalue weighted by atomic mass is 9.80. The van der Waals surface area contributed by atoms with Crippen LogP contribution in [0.4, 0.5) is 4.79 Å². The summed E-state index contributed by atoms with van der Waals surface area (Å²) in [6.07, 6.45) is 1.81. The summed E-state index contributed by atoms with van der Waals surface area (Å²) in [7, 11) is 0. The van der Waals surface area contributed by atoms with Gasteiger partial charge in [0, 0.05) is 32.8 Å². The number of carbonyl (C=O) groups excluding carboxylic acids is 1. The lowest BCUT2D eigenvalue weighted by molar-refractivity contribution is -0.150. The Hall–Kier alpha value is -1.30. The van der Waals surface area contributed by atoms with Crippen molar-refractivity contribution in [2.75, 3.05) is 32.8 Å². The van der Waals surface area contributed by atoms with Gasteiger partial charge in [0.1, 0.15) is 0 Å². The van der Waals surface area contributed by atoms with Crippen LogP contribution in [0.15, 0.2) is 0 Å².